The number of ether oxygens (including phenoxy) is 1. The zero-order valence-electron chi connectivity index (χ0n) is 19.1. The van der Waals surface area contributed by atoms with Crippen molar-refractivity contribution in [1.82, 2.24) is 9.78 Å². The van der Waals surface area contributed by atoms with Crippen molar-refractivity contribution in [2.45, 2.75) is 27.0 Å². The van der Waals surface area contributed by atoms with Crippen molar-refractivity contribution in [2.75, 3.05) is 5.32 Å². The zero-order valence-corrected chi connectivity index (χ0v) is 19.8. The van der Waals surface area contributed by atoms with Gasteiger partial charge >= 0.3 is 0 Å². The number of carbonyl (C=O) groups is 1. The van der Waals surface area contributed by atoms with E-state index in [0.717, 1.165) is 0 Å². The average Bonchev–Trinajstić information content (AvgIpc) is 3.43. The number of aromatic nitrogens is 2. The number of rotatable bonds is 7. The van der Waals surface area contributed by atoms with Crippen LogP contribution in [0.15, 0.2) is 34.7 Å². The molecule has 0 saturated heterocycles. The molecule has 0 spiro atoms. The molecule has 0 saturated carbocycles. The van der Waals surface area contributed by atoms with Gasteiger partial charge in [-0.3, -0.25) is 9.48 Å². The maximum atomic E-state index is 13.8. The Morgan fingerprint density at radius 2 is 1.65 bits per heavy atom. The quantitative estimate of drug-likeness (QED) is 0.165. The van der Waals surface area contributed by atoms with Crippen LogP contribution < -0.4 is 10.1 Å². The summed E-state index contributed by atoms with van der Waals surface area (Å²) in [5.41, 5.74) is 2.01. The predicted molar refractivity (Wildman–Crippen MR) is 119 cm³/mol. The van der Waals surface area contributed by atoms with E-state index in [4.69, 9.17) is 20.8 Å². The number of carbonyl (C=O) groups excluding carboxylic acids is 1. The molecule has 194 valence electrons. The third-order valence-corrected chi connectivity index (χ3v) is 5.72. The smallest absolute Gasteiger partial charge is 0.291 e. The Kier molecular flexibility index (Phi) is 7.21. The van der Waals surface area contributed by atoms with Crippen LogP contribution in [0.25, 0.3) is 0 Å². The molecule has 0 fully saturated rings. The molecule has 13 heteroatoms. The fourth-order valence-electron chi connectivity index (χ4n) is 3.45. The first kappa shape index (κ1) is 26.1. The van der Waals surface area contributed by atoms with E-state index in [1.165, 1.54) is 30.3 Å². The lowest BCUT2D eigenvalue weighted by Gasteiger charge is -2.09. The molecule has 0 aliphatic rings. The van der Waals surface area contributed by atoms with Crippen molar-refractivity contribution in [3.63, 3.8) is 0 Å². The van der Waals surface area contributed by atoms with Gasteiger partial charge in [-0.15, -0.1) is 0 Å². The summed E-state index contributed by atoms with van der Waals surface area (Å²) in [4.78, 5) is 12.7. The topological polar surface area (TPSA) is 69.3 Å². The summed E-state index contributed by atoms with van der Waals surface area (Å²) in [5, 5.41) is 7.22. The number of hydrogen-bond donors (Lipinski definition) is 1. The lowest BCUT2D eigenvalue weighted by Crippen LogP contribution is -2.12. The van der Waals surface area contributed by atoms with Crippen LogP contribution in [0.5, 0.6) is 5.75 Å². The van der Waals surface area contributed by atoms with Crippen molar-refractivity contribution < 1.29 is 40.3 Å². The van der Waals surface area contributed by atoms with Crippen molar-refractivity contribution in [3.05, 3.63) is 98.7 Å². The third-order valence-electron chi connectivity index (χ3n) is 5.37. The van der Waals surface area contributed by atoms with Gasteiger partial charge in [0.15, 0.2) is 11.5 Å². The highest BCUT2D eigenvalue weighted by Gasteiger charge is 2.27. The van der Waals surface area contributed by atoms with Gasteiger partial charge < -0.3 is 14.5 Å². The summed E-state index contributed by atoms with van der Waals surface area (Å²) in [6.07, 6.45) is 0. The van der Waals surface area contributed by atoms with E-state index in [0.29, 0.717) is 22.6 Å². The van der Waals surface area contributed by atoms with E-state index in [2.05, 4.69) is 10.4 Å². The van der Waals surface area contributed by atoms with Gasteiger partial charge in [0.25, 0.3) is 5.91 Å². The molecule has 1 amide bonds. The van der Waals surface area contributed by atoms with Crippen LogP contribution in [0, 0.1) is 48.8 Å². The molecule has 1 N–H and O–H groups in total. The number of aryl methyl sites for hydroxylation is 1. The molecular weight excluding hydrogens is 528 g/mol. The first-order chi connectivity index (χ1) is 17.5. The van der Waals surface area contributed by atoms with Crippen LogP contribution >= 0.6 is 11.6 Å². The monoisotopic (exact) mass is 543 g/mol. The number of benzene rings is 2. The van der Waals surface area contributed by atoms with Crippen LogP contribution in [0.3, 0.4) is 0 Å². The summed E-state index contributed by atoms with van der Waals surface area (Å²) in [7, 11) is 0. The largest absolute Gasteiger partial charge is 0.479 e. The van der Waals surface area contributed by atoms with E-state index < -0.39 is 53.2 Å². The van der Waals surface area contributed by atoms with Crippen LogP contribution in [0.1, 0.15) is 33.3 Å². The number of halogens is 7. The van der Waals surface area contributed by atoms with Crippen molar-refractivity contribution in [1.29, 1.82) is 0 Å². The van der Waals surface area contributed by atoms with Gasteiger partial charge in [0, 0.05) is 5.02 Å². The van der Waals surface area contributed by atoms with Gasteiger partial charge in [-0.1, -0.05) is 17.7 Å². The summed E-state index contributed by atoms with van der Waals surface area (Å²) in [6, 6.07) is 6.43. The van der Waals surface area contributed by atoms with Crippen LogP contribution in [-0.4, -0.2) is 15.7 Å². The lowest BCUT2D eigenvalue weighted by molar-refractivity contribution is 0.0992. The van der Waals surface area contributed by atoms with Crippen LogP contribution in [0.4, 0.5) is 32.0 Å². The number of nitrogens with one attached hydrogen (secondary N) is 1. The second-order valence-electron chi connectivity index (χ2n) is 7.85. The molecule has 6 nitrogen and oxygen atoms in total. The first-order valence-corrected chi connectivity index (χ1v) is 10.9. The lowest BCUT2D eigenvalue weighted by atomic mass is 10.2. The van der Waals surface area contributed by atoms with Gasteiger partial charge in [-0.05, 0) is 43.7 Å². The standard InChI is InChI=1S/C24H16ClF6N3O3/c1-10-22(11(2)34(33-10)8-12-3-4-13(26)7-15(12)25)32-24(35)16-6-5-14(37-16)9-36-23-20(30)18(28)17(27)19(29)21(23)31/h3-7H,8-9H2,1-2H3,(H,32,35). The molecular formula is C24H16ClF6N3O3. The number of hydrogen-bond acceptors (Lipinski definition) is 4. The highest BCUT2D eigenvalue weighted by Crippen LogP contribution is 2.30. The van der Waals surface area contributed by atoms with Gasteiger partial charge in [0.2, 0.25) is 29.1 Å². The third kappa shape index (κ3) is 5.15. The summed E-state index contributed by atoms with van der Waals surface area (Å²) >= 11 is 6.08. The number of nitrogens with zero attached hydrogens (tertiary/aromatic N) is 2. The van der Waals surface area contributed by atoms with Gasteiger partial charge in [-0.25, -0.2) is 17.6 Å². The molecule has 2 heterocycles. The second-order valence-corrected chi connectivity index (χ2v) is 8.25. The Balaban J connectivity index is 1.46. The Morgan fingerprint density at radius 3 is 2.30 bits per heavy atom. The van der Waals surface area contributed by atoms with Crippen LogP contribution in [0.2, 0.25) is 5.02 Å². The van der Waals surface area contributed by atoms with Crippen molar-refractivity contribution in [2.24, 2.45) is 0 Å². The SMILES string of the molecule is Cc1nn(Cc2ccc(F)cc2Cl)c(C)c1NC(=O)c1ccc(COc2c(F)c(F)c(F)c(F)c2F)o1. The van der Waals surface area contributed by atoms with E-state index in [-0.39, 0.29) is 23.1 Å². The number of furan rings is 1. The molecule has 0 atom stereocenters. The Labute approximate surface area is 210 Å². The van der Waals surface area contributed by atoms with Gasteiger partial charge in [0.05, 0.1) is 23.6 Å². The number of anilines is 1. The first-order valence-electron chi connectivity index (χ1n) is 10.5. The molecule has 0 bridgehead atoms. The highest BCUT2D eigenvalue weighted by molar-refractivity contribution is 6.31. The second kappa shape index (κ2) is 10.2. The van der Waals surface area contributed by atoms with E-state index in [1.54, 1.807) is 18.5 Å². The minimum absolute atomic E-state index is 0.121. The van der Waals surface area contributed by atoms with Crippen molar-refractivity contribution >= 4 is 23.2 Å². The number of amides is 1. The van der Waals surface area contributed by atoms with Crippen LogP contribution in [-0.2, 0) is 13.2 Å². The van der Waals surface area contributed by atoms with E-state index >= 15 is 0 Å². The Hall–Kier alpha value is -3.93. The minimum Gasteiger partial charge on any atom is -0.479 e. The maximum absolute atomic E-state index is 13.8. The van der Waals surface area contributed by atoms with Crippen molar-refractivity contribution in [3.8, 4) is 5.75 Å². The summed E-state index contributed by atoms with van der Waals surface area (Å²) in [6.45, 7) is 2.83. The zero-order chi connectivity index (χ0) is 27.0. The van der Waals surface area contributed by atoms with Gasteiger partial charge in [-0.2, -0.15) is 13.9 Å². The summed E-state index contributed by atoms with van der Waals surface area (Å²) in [5.74, 6) is -13.9. The fraction of sp³-hybridized carbons (Fsp3) is 0.167. The molecule has 0 unspecified atom stereocenters. The normalized spacial score (nSPS) is 11.2. The highest BCUT2D eigenvalue weighted by atomic mass is 35.5. The average molecular weight is 544 g/mol. The molecule has 37 heavy (non-hydrogen) atoms. The Morgan fingerprint density at radius 1 is 1.00 bits per heavy atom. The molecule has 0 aliphatic heterocycles. The Bertz CT molecular complexity index is 1490. The molecule has 0 aliphatic carbocycles. The molecule has 4 aromatic rings. The molecule has 2 aromatic carbocycles. The predicted octanol–water partition coefficient (Wildman–Crippen LogP) is 6.46. The maximum Gasteiger partial charge on any atom is 0.291 e. The van der Waals surface area contributed by atoms with Gasteiger partial charge in [0.1, 0.15) is 18.2 Å². The summed E-state index contributed by atoms with van der Waals surface area (Å²) < 4.78 is 92.2. The molecule has 0 radical (unpaired) electrons. The van der Waals surface area contributed by atoms with E-state index in [1.807, 2.05) is 0 Å². The fourth-order valence-corrected chi connectivity index (χ4v) is 3.68. The molecule has 4 rings (SSSR count). The molecule has 2 aromatic heterocycles. The van der Waals surface area contributed by atoms with E-state index in [9.17, 15) is 31.1 Å². The minimum atomic E-state index is -2.31.